The van der Waals surface area contributed by atoms with Crippen LogP contribution in [-0.4, -0.2) is 44.1 Å². The maximum absolute atomic E-state index is 11.6. The van der Waals surface area contributed by atoms with Crippen molar-refractivity contribution >= 4 is 17.9 Å². The fourth-order valence-corrected chi connectivity index (χ4v) is 2.39. The zero-order valence-corrected chi connectivity index (χ0v) is 14.2. The van der Waals surface area contributed by atoms with Crippen LogP contribution in [0, 0.1) is 0 Å². The van der Waals surface area contributed by atoms with Crippen LogP contribution in [-0.2, 0) is 20.9 Å². The Labute approximate surface area is 146 Å². The van der Waals surface area contributed by atoms with E-state index in [-0.39, 0.29) is 25.0 Å². The van der Waals surface area contributed by atoms with Gasteiger partial charge in [-0.1, -0.05) is 12.1 Å². The van der Waals surface area contributed by atoms with E-state index in [0.29, 0.717) is 25.8 Å². The molecule has 0 spiro atoms. The number of unbranched alkanes of at least 4 members (excludes halogenated alkanes) is 1. The van der Waals surface area contributed by atoms with Crippen molar-refractivity contribution in [2.45, 2.75) is 31.9 Å². The highest BCUT2D eigenvalue weighted by Gasteiger charge is 2.24. The maximum atomic E-state index is 11.6. The number of ether oxygens (including phenoxy) is 2. The number of carbonyl (C=O) groups is 3. The summed E-state index contributed by atoms with van der Waals surface area (Å²) in [6, 6.07) is 6.78. The van der Waals surface area contributed by atoms with Gasteiger partial charge in [0.05, 0.1) is 13.7 Å². The van der Waals surface area contributed by atoms with Gasteiger partial charge in [-0.05, 0) is 37.0 Å². The Hall–Kier alpha value is -2.77. The molecule has 0 radical (unpaired) electrons. The van der Waals surface area contributed by atoms with Gasteiger partial charge in [0, 0.05) is 6.54 Å². The summed E-state index contributed by atoms with van der Waals surface area (Å²) >= 11 is 0. The number of alkyl carbamates (subject to hydrolysis) is 1. The third-order valence-corrected chi connectivity index (χ3v) is 3.79. The number of piperazine rings is 1. The third-order valence-electron chi connectivity index (χ3n) is 3.79. The summed E-state index contributed by atoms with van der Waals surface area (Å²) in [5.74, 6) is 0.410. The lowest BCUT2D eigenvalue weighted by Gasteiger charge is -2.22. The molecule has 1 heterocycles. The largest absolute Gasteiger partial charge is 0.497 e. The highest BCUT2D eigenvalue weighted by atomic mass is 16.5. The first kappa shape index (κ1) is 18.6. The Kier molecular flexibility index (Phi) is 7.06. The molecule has 1 aliphatic heterocycles. The van der Waals surface area contributed by atoms with E-state index in [4.69, 9.17) is 9.47 Å². The van der Waals surface area contributed by atoms with E-state index >= 15 is 0 Å². The normalized spacial score (nSPS) is 16.6. The Bertz CT molecular complexity index is 603. The van der Waals surface area contributed by atoms with E-state index < -0.39 is 12.1 Å². The topological polar surface area (TPSA) is 106 Å². The molecule has 8 nitrogen and oxygen atoms in total. The minimum atomic E-state index is -0.487. The van der Waals surface area contributed by atoms with Crippen molar-refractivity contribution in [3.05, 3.63) is 29.8 Å². The lowest BCUT2D eigenvalue weighted by Crippen LogP contribution is -2.56. The number of nitrogens with one attached hydrogen (secondary N) is 3. The Morgan fingerprint density at radius 2 is 2.00 bits per heavy atom. The molecule has 25 heavy (non-hydrogen) atoms. The first-order valence-corrected chi connectivity index (χ1v) is 8.19. The SMILES string of the molecule is COc1ccc(COC(=O)NCCCCC2NC(=O)CNC2=O)cc1. The minimum absolute atomic E-state index is 0.0386. The minimum Gasteiger partial charge on any atom is -0.497 e. The molecule has 2 rings (SSSR count). The summed E-state index contributed by atoms with van der Waals surface area (Å²) in [5.41, 5.74) is 0.870. The van der Waals surface area contributed by atoms with Crippen molar-refractivity contribution in [1.82, 2.24) is 16.0 Å². The lowest BCUT2D eigenvalue weighted by molar-refractivity contribution is -0.133. The number of amides is 3. The molecule has 3 amide bonds. The van der Waals surface area contributed by atoms with Crippen LogP contribution in [0.3, 0.4) is 0 Å². The second-order valence-corrected chi connectivity index (χ2v) is 5.68. The maximum Gasteiger partial charge on any atom is 0.407 e. The van der Waals surface area contributed by atoms with Gasteiger partial charge in [-0.25, -0.2) is 4.79 Å². The summed E-state index contributed by atoms with van der Waals surface area (Å²) in [6.07, 6.45) is 1.45. The lowest BCUT2D eigenvalue weighted by atomic mass is 10.1. The molecule has 0 saturated carbocycles. The first-order chi connectivity index (χ1) is 12.1. The molecule has 1 atom stereocenters. The fourth-order valence-electron chi connectivity index (χ4n) is 2.39. The molecule has 136 valence electrons. The predicted octanol–water partition coefficient (Wildman–Crippen LogP) is 0.706. The van der Waals surface area contributed by atoms with E-state index in [0.717, 1.165) is 11.3 Å². The Balaban J connectivity index is 1.56. The van der Waals surface area contributed by atoms with Gasteiger partial charge < -0.3 is 25.4 Å². The molecule has 1 fully saturated rings. The summed E-state index contributed by atoms with van der Waals surface area (Å²) in [7, 11) is 1.59. The van der Waals surface area contributed by atoms with Crippen LogP contribution < -0.4 is 20.7 Å². The molecule has 1 saturated heterocycles. The number of hydrogen-bond acceptors (Lipinski definition) is 5. The van der Waals surface area contributed by atoms with Gasteiger partial charge in [-0.15, -0.1) is 0 Å². The molecule has 3 N–H and O–H groups in total. The predicted molar refractivity (Wildman–Crippen MR) is 90.0 cm³/mol. The zero-order valence-electron chi connectivity index (χ0n) is 14.2. The molecule has 0 bridgehead atoms. The standard InChI is InChI=1S/C17H23N3O5/c1-24-13-7-5-12(6-8-13)11-25-17(23)18-9-3-2-4-14-16(22)19-10-15(21)20-14/h5-8,14H,2-4,9-11H2,1H3,(H,18,23)(H,19,22)(H,20,21). The molecule has 1 aliphatic rings. The summed E-state index contributed by atoms with van der Waals surface area (Å²) in [5, 5.41) is 7.83. The van der Waals surface area contributed by atoms with E-state index in [1.54, 1.807) is 19.2 Å². The quantitative estimate of drug-likeness (QED) is 0.599. The number of rotatable bonds is 8. The molecule has 1 aromatic rings. The van der Waals surface area contributed by atoms with Crippen LogP contribution in [0.1, 0.15) is 24.8 Å². The fraction of sp³-hybridized carbons (Fsp3) is 0.471. The van der Waals surface area contributed by atoms with Crippen LogP contribution in [0.5, 0.6) is 5.75 Å². The number of methoxy groups -OCH3 is 1. The van der Waals surface area contributed by atoms with Crippen LogP contribution >= 0.6 is 0 Å². The van der Waals surface area contributed by atoms with Crippen LogP contribution in [0.15, 0.2) is 24.3 Å². The highest BCUT2D eigenvalue weighted by Crippen LogP contribution is 2.12. The van der Waals surface area contributed by atoms with E-state index in [2.05, 4.69) is 16.0 Å². The van der Waals surface area contributed by atoms with Gasteiger partial charge in [0.1, 0.15) is 18.4 Å². The highest BCUT2D eigenvalue weighted by molar-refractivity contribution is 5.94. The van der Waals surface area contributed by atoms with E-state index in [9.17, 15) is 14.4 Å². The van der Waals surface area contributed by atoms with Crippen LogP contribution in [0.2, 0.25) is 0 Å². The second-order valence-electron chi connectivity index (χ2n) is 5.68. The van der Waals surface area contributed by atoms with Crippen LogP contribution in [0.4, 0.5) is 4.79 Å². The summed E-state index contributed by atoms with van der Waals surface area (Å²) < 4.78 is 10.2. The molecule has 1 unspecified atom stereocenters. The second kappa shape index (κ2) is 9.51. The molecule has 0 aromatic heterocycles. The van der Waals surface area contributed by atoms with Gasteiger partial charge in [0.2, 0.25) is 11.8 Å². The van der Waals surface area contributed by atoms with Crippen molar-refractivity contribution < 1.29 is 23.9 Å². The van der Waals surface area contributed by atoms with Crippen molar-refractivity contribution in [2.75, 3.05) is 20.2 Å². The third kappa shape index (κ3) is 6.33. The van der Waals surface area contributed by atoms with Crippen molar-refractivity contribution in [2.24, 2.45) is 0 Å². The van der Waals surface area contributed by atoms with Gasteiger partial charge in [-0.2, -0.15) is 0 Å². The molecular weight excluding hydrogens is 326 g/mol. The number of hydrogen-bond donors (Lipinski definition) is 3. The molecule has 1 aromatic carbocycles. The van der Waals surface area contributed by atoms with Gasteiger partial charge in [0.25, 0.3) is 0 Å². The smallest absolute Gasteiger partial charge is 0.407 e. The average molecular weight is 349 g/mol. The van der Waals surface area contributed by atoms with Crippen LogP contribution in [0.25, 0.3) is 0 Å². The van der Waals surface area contributed by atoms with E-state index in [1.165, 1.54) is 0 Å². The van der Waals surface area contributed by atoms with Crippen molar-refractivity contribution in [3.8, 4) is 5.75 Å². The number of benzene rings is 1. The number of carbonyl (C=O) groups excluding carboxylic acids is 3. The average Bonchev–Trinajstić information content (AvgIpc) is 2.63. The summed E-state index contributed by atoms with van der Waals surface area (Å²) in [6.45, 7) is 0.671. The summed E-state index contributed by atoms with van der Waals surface area (Å²) in [4.78, 5) is 34.4. The van der Waals surface area contributed by atoms with Gasteiger partial charge in [-0.3, -0.25) is 9.59 Å². The molecule has 0 aliphatic carbocycles. The Morgan fingerprint density at radius 3 is 2.72 bits per heavy atom. The van der Waals surface area contributed by atoms with Gasteiger partial charge in [0.15, 0.2) is 0 Å². The molecule has 8 heteroatoms. The van der Waals surface area contributed by atoms with Crippen molar-refractivity contribution in [1.29, 1.82) is 0 Å². The first-order valence-electron chi connectivity index (χ1n) is 8.19. The Morgan fingerprint density at radius 1 is 1.24 bits per heavy atom. The zero-order chi connectivity index (χ0) is 18.1. The molecular formula is C17H23N3O5. The van der Waals surface area contributed by atoms with Gasteiger partial charge >= 0.3 is 6.09 Å². The van der Waals surface area contributed by atoms with E-state index in [1.807, 2.05) is 12.1 Å². The van der Waals surface area contributed by atoms with Crippen molar-refractivity contribution in [3.63, 3.8) is 0 Å². The monoisotopic (exact) mass is 349 g/mol.